The molecule has 3 aromatic rings. The predicted molar refractivity (Wildman–Crippen MR) is 87.1 cm³/mol. The summed E-state index contributed by atoms with van der Waals surface area (Å²) in [6, 6.07) is 7.17. The van der Waals surface area contributed by atoms with Crippen molar-refractivity contribution in [1.29, 1.82) is 0 Å². The summed E-state index contributed by atoms with van der Waals surface area (Å²) in [5, 5.41) is 12.7. The van der Waals surface area contributed by atoms with Gasteiger partial charge in [-0.25, -0.2) is 36.0 Å². The maximum Gasteiger partial charge on any atom is 0.341 e. The third-order valence-electron chi connectivity index (χ3n) is 3.43. The van der Waals surface area contributed by atoms with Crippen LogP contribution in [0.1, 0.15) is 10.4 Å². The van der Waals surface area contributed by atoms with E-state index in [1.807, 2.05) is 0 Å². The Morgan fingerprint density at radius 1 is 1.08 bits per heavy atom. The zero-order chi connectivity index (χ0) is 18.8. The van der Waals surface area contributed by atoms with Crippen LogP contribution in [0.25, 0.3) is 5.69 Å². The van der Waals surface area contributed by atoms with Crippen LogP contribution in [-0.4, -0.2) is 34.3 Å². The molecule has 0 saturated heterocycles. The molecule has 134 valence electrons. The van der Waals surface area contributed by atoms with E-state index in [0.29, 0.717) is 22.1 Å². The van der Waals surface area contributed by atoms with Crippen molar-refractivity contribution in [3.63, 3.8) is 0 Å². The van der Waals surface area contributed by atoms with E-state index < -0.39 is 34.1 Å². The molecule has 0 bridgehead atoms. The number of aromatic carboxylic acids is 1. The molecule has 26 heavy (non-hydrogen) atoms. The summed E-state index contributed by atoms with van der Waals surface area (Å²) in [7, 11) is -3.30. The Labute approximate surface area is 147 Å². The molecule has 0 aliphatic carbocycles. The topological polar surface area (TPSA) is 105 Å². The van der Waals surface area contributed by atoms with Gasteiger partial charge in [-0.05, 0) is 36.4 Å². The molecule has 0 aliphatic rings. The molecule has 0 unspecified atom stereocenters. The van der Waals surface area contributed by atoms with Gasteiger partial charge >= 0.3 is 5.97 Å². The number of carboxylic acid groups (broad SMARTS) is 1. The molecule has 2 aromatic carbocycles. The van der Waals surface area contributed by atoms with Gasteiger partial charge < -0.3 is 5.11 Å². The Morgan fingerprint density at radius 3 is 2.15 bits per heavy atom. The summed E-state index contributed by atoms with van der Waals surface area (Å²) in [4.78, 5) is 14.6. The highest BCUT2D eigenvalue weighted by Crippen LogP contribution is 2.29. The van der Waals surface area contributed by atoms with Crippen molar-refractivity contribution < 1.29 is 27.1 Å². The molecule has 1 heterocycles. The summed E-state index contributed by atoms with van der Waals surface area (Å²) in [6.07, 6.45) is 2.76. The fourth-order valence-electron chi connectivity index (χ4n) is 2.31. The van der Waals surface area contributed by atoms with Gasteiger partial charge in [-0.2, -0.15) is 5.10 Å². The molecule has 0 spiro atoms. The van der Waals surface area contributed by atoms with E-state index in [1.165, 1.54) is 41.6 Å². The third-order valence-corrected chi connectivity index (χ3v) is 4.21. The monoisotopic (exact) mass is 380 g/mol. The number of anilines is 2. The number of benzene rings is 2. The summed E-state index contributed by atoms with van der Waals surface area (Å²) in [6.45, 7) is 0. The third kappa shape index (κ3) is 3.24. The van der Waals surface area contributed by atoms with Gasteiger partial charge in [0.05, 0.1) is 17.1 Å². The number of rotatable bonds is 5. The number of carbonyl (C=O) groups is 1. The molecule has 0 saturated carbocycles. The van der Waals surface area contributed by atoms with Gasteiger partial charge in [0.2, 0.25) is 10.9 Å². The number of thiol groups is 1. The molecule has 0 aliphatic heterocycles. The van der Waals surface area contributed by atoms with Gasteiger partial charge in [-0.3, -0.25) is 0 Å². The molecular formula is C15H10F2N4O4S. The molecule has 0 amide bonds. The Kier molecular flexibility index (Phi) is 4.63. The summed E-state index contributed by atoms with van der Waals surface area (Å²) < 4.78 is 53.1. The number of nitrogens with zero attached hydrogens (tertiary/aromatic N) is 4. The Balaban J connectivity index is 2.04. The lowest BCUT2D eigenvalue weighted by molar-refractivity contribution is 0.0686. The van der Waals surface area contributed by atoms with Gasteiger partial charge in [-0.1, -0.05) is 0 Å². The van der Waals surface area contributed by atoms with Gasteiger partial charge in [0.15, 0.2) is 0 Å². The molecule has 11 heteroatoms. The van der Waals surface area contributed by atoms with Gasteiger partial charge in [0, 0.05) is 0 Å². The number of carboxylic acids is 1. The average molecular weight is 380 g/mol. The molecule has 1 N–H and O–H groups in total. The second-order valence-corrected chi connectivity index (χ2v) is 5.87. The molecular weight excluding hydrogens is 370 g/mol. The fraction of sp³-hybridized carbons (Fsp3) is 0. The first-order valence-electron chi connectivity index (χ1n) is 7.00. The lowest BCUT2D eigenvalue weighted by Gasteiger charge is -2.19. The minimum atomic E-state index is -3.30. The summed E-state index contributed by atoms with van der Waals surface area (Å²) >= 11 is 0. The SMILES string of the molecule is O=C(O)c1c(F)cc(N(c2ccc(-n3cncn3)cc2)[SH](=O)=O)cc1F. The number of aromatic nitrogens is 3. The normalized spacial score (nSPS) is 10.9. The molecule has 0 radical (unpaired) electrons. The first-order valence-corrected chi connectivity index (χ1v) is 8.13. The van der Waals surface area contributed by atoms with Crippen LogP contribution in [0.3, 0.4) is 0 Å². The minimum absolute atomic E-state index is 0.104. The fourth-order valence-corrected chi connectivity index (χ4v) is 2.94. The van der Waals surface area contributed by atoms with E-state index in [9.17, 15) is 22.0 Å². The maximum atomic E-state index is 13.9. The molecule has 0 fully saturated rings. The quantitative estimate of drug-likeness (QED) is 0.655. The Bertz CT molecular complexity index is 1010. The Morgan fingerprint density at radius 2 is 1.69 bits per heavy atom. The van der Waals surface area contributed by atoms with Gasteiger partial charge in [0.1, 0.15) is 29.9 Å². The average Bonchev–Trinajstić information content (AvgIpc) is 3.09. The van der Waals surface area contributed by atoms with Crippen molar-refractivity contribution in [1.82, 2.24) is 14.8 Å². The van der Waals surface area contributed by atoms with Crippen LogP contribution in [0.4, 0.5) is 20.2 Å². The second kappa shape index (κ2) is 6.88. The molecule has 8 nitrogen and oxygen atoms in total. The standard InChI is InChI=1S/C15H10F2N4O4S/c16-12-5-11(6-13(17)14(12)15(22)23)21(26(24)25)10-3-1-9(2-4-10)20-8-18-7-19-20/h1-8,26H,(H,22,23). The van der Waals surface area contributed by atoms with Crippen LogP contribution in [0.15, 0.2) is 49.1 Å². The van der Waals surface area contributed by atoms with E-state index in [1.54, 1.807) is 0 Å². The largest absolute Gasteiger partial charge is 0.477 e. The lowest BCUT2D eigenvalue weighted by Crippen LogP contribution is -2.16. The summed E-state index contributed by atoms with van der Waals surface area (Å²) in [5.74, 6) is -4.55. The number of halogens is 2. The predicted octanol–water partition coefficient (Wildman–Crippen LogP) is 1.91. The van der Waals surface area contributed by atoms with Gasteiger partial charge in [-0.15, -0.1) is 0 Å². The first kappa shape index (κ1) is 17.5. The van der Waals surface area contributed by atoms with Crippen molar-refractivity contribution in [3.8, 4) is 5.69 Å². The number of hydrogen-bond donors (Lipinski definition) is 2. The zero-order valence-electron chi connectivity index (χ0n) is 12.8. The Hall–Kier alpha value is -3.34. The van der Waals surface area contributed by atoms with Crippen molar-refractivity contribution in [2.24, 2.45) is 0 Å². The van der Waals surface area contributed by atoms with E-state index in [2.05, 4.69) is 10.1 Å². The minimum Gasteiger partial charge on any atom is -0.477 e. The van der Waals surface area contributed by atoms with Crippen molar-refractivity contribution >= 4 is 28.2 Å². The highest BCUT2D eigenvalue weighted by atomic mass is 32.2. The molecule has 3 rings (SSSR count). The lowest BCUT2D eigenvalue weighted by atomic mass is 10.1. The van der Waals surface area contributed by atoms with Crippen LogP contribution in [0, 0.1) is 11.6 Å². The van der Waals surface area contributed by atoms with Crippen LogP contribution >= 0.6 is 0 Å². The highest BCUT2D eigenvalue weighted by Gasteiger charge is 2.21. The highest BCUT2D eigenvalue weighted by molar-refractivity contribution is 7.74. The smallest absolute Gasteiger partial charge is 0.341 e. The van der Waals surface area contributed by atoms with Crippen LogP contribution in [0.5, 0.6) is 0 Å². The van der Waals surface area contributed by atoms with Crippen LogP contribution in [-0.2, 0) is 10.9 Å². The van der Waals surface area contributed by atoms with Crippen molar-refractivity contribution in [2.45, 2.75) is 0 Å². The van der Waals surface area contributed by atoms with E-state index in [-0.39, 0.29) is 11.4 Å². The van der Waals surface area contributed by atoms with Crippen molar-refractivity contribution in [3.05, 3.63) is 66.3 Å². The molecule has 0 atom stereocenters. The van der Waals surface area contributed by atoms with Crippen molar-refractivity contribution in [2.75, 3.05) is 4.31 Å². The van der Waals surface area contributed by atoms with Crippen LogP contribution < -0.4 is 4.31 Å². The van der Waals surface area contributed by atoms with E-state index in [4.69, 9.17) is 5.11 Å². The van der Waals surface area contributed by atoms with Crippen LogP contribution in [0.2, 0.25) is 0 Å². The zero-order valence-corrected chi connectivity index (χ0v) is 13.7. The van der Waals surface area contributed by atoms with E-state index >= 15 is 0 Å². The number of hydrogen-bond acceptors (Lipinski definition) is 5. The first-order chi connectivity index (χ1) is 12.4. The molecule has 1 aromatic heterocycles. The summed E-state index contributed by atoms with van der Waals surface area (Å²) in [5.41, 5.74) is -0.830. The maximum absolute atomic E-state index is 13.9. The second-order valence-electron chi connectivity index (χ2n) is 5.00. The van der Waals surface area contributed by atoms with Gasteiger partial charge in [0.25, 0.3) is 0 Å². The van der Waals surface area contributed by atoms with E-state index in [0.717, 1.165) is 0 Å².